The Kier molecular flexibility index (Phi) is 24.5. The van der Waals surface area contributed by atoms with Gasteiger partial charge in [0, 0.05) is 114 Å². The third kappa shape index (κ3) is 17.5. The number of benzene rings is 10. The molecule has 6 aliphatic rings. The Morgan fingerprint density at radius 2 is 0.472 bits per heavy atom. The molecule has 0 spiro atoms. The van der Waals surface area contributed by atoms with Crippen molar-refractivity contribution in [3.63, 3.8) is 0 Å². The van der Waals surface area contributed by atoms with Crippen LogP contribution < -0.4 is 19.6 Å². The highest BCUT2D eigenvalue weighted by atomic mass is 16.2. The summed E-state index contributed by atoms with van der Waals surface area (Å²) < 4.78 is 0. The molecular weight excluding hydrogens is 1320 g/mol. The Labute approximate surface area is 638 Å². The van der Waals surface area contributed by atoms with Crippen molar-refractivity contribution in [3.05, 3.63) is 332 Å². The molecular formula is C100H88N4O4. The minimum Gasteiger partial charge on any atom is -0.307 e. The highest BCUT2D eigenvalue weighted by molar-refractivity contribution is 6.11. The summed E-state index contributed by atoms with van der Waals surface area (Å²) in [5, 5.41) is 0. The van der Waals surface area contributed by atoms with Gasteiger partial charge in [0.15, 0.2) is 0 Å². The number of hydrogen-bond donors (Lipinski definition) is 0. The number of anilines is 4. The van der Waals surface area contributed by atoms with Crippen molar-refractivity contribution < 1.29 is 19.2 Å². The van der Waals surface area contributed by atoms with Crippen molar-refractivity contribution >= 4 is 46.4 Å². The fraction of sp³-hybridized carbons (Fsp3) is 0.240. The fourth-order valence-electron chi connectivity index (χ4n) is 14.9. The predicted molar refractivity (Wildman–Crippen MR) is 439 cm³/mol. The summed E-state index contributed by atoms with van der Waals surface area (Å²) in [5.41, 5.74) is 13.2. The SMILES string of the molecule is CCCCN1C(=O)c2ccc(cc2)C(=O)N([C@H](C)C2CCCCC2)c2ccccc2C#Cc2ccccc2C#Cc2ccccc2C#Cc2ccccc2N([C@H](C)C2CCCCC2)C(=O)c2ccc(cc2)C(=O)N(CCCC)c2ccccc2C#Cc2ccccc2C#Cc2ccccc2C#Cc2ccccc21. The Bertz CT molecular complexity index is 5040. The van der Waals surface area contributed by atoms with Gasteiger partial charge in [0.05, 0.1) is 22.7 Å². The summed E-state index contributed by atoms with van der Waals surface area (Å²) in [6, 6.07) is 76.6. The molecule has 4 bridgehead atoms. The Morgan fingerprint density at radius 3 is 0.722 bits per heavy atom. The van der Waals surface area contributed by atoms with E-state index in [9.17, 15) is 0 Å². The van der Waals surface area contributed by atoms with E-state index in [2.05, 4.69) is 98.7 Å². The average Bonchev–Trinajstić information content (AvgIpc) is 0.786. The van der Waals surface area contributed by atoms with E-state index in [4.69, 9.17) is 0 Å². The minimum atomic E-state index is -0.195. The zero-order valence-corrected chi connectivity index (χ0v) is 62.1. The quantitative estimate of drug-likeness (QED) is 0.128. The highest BCUT2D eigenvalue weighted by Crippen LogP contribution is 2.37. The summed E-state index contributed by atoms with van der Waals surface area (Å²) >= 11 is 0. The molecule has 4 aliphatic heterocycles. The number of carbonyl (C=O) groups excluding carboxylic acids is 4. The molecule has 16 rings (SSSR count). The molecule has 10 aromatic rings. The topological polar surface area (TPSA) is 81.2 Å². The van der Waals surface area contributed by atoms with Gasteiger partial charge in [-0.2, -0.15) is 0 Å². The molecule has 4 amide bonds. The van der Waals surface area contributed by atoms with Crippen molar-refractivity contribution in [1.82, 2.24) is 0 Å². The van der Waals surface area contributed by atoms with Crippen molar-refractivity contribution in [2.45, 2.75) is 130 Å². The molecule has 0 aromatic heterocycles. The number of nitrogens with zero attached hydrogens (tertiary/aromatic N) is 4. The lowest BCUT2D eigenvalue weighted by atomic mass is 9.83. The Hall–Kier alpha value is -12.6. The molecule has 8 nitrogen and oxygen atoms in total. The van der Waals surface area contributed by atoms with Crippen LogP contribution in [-0.4, -0.2) is 48.8 Å². The van der Waals surface area contributed by atoms with E-state index in [1.165, 1.54) is 12.8 Å². The predicted octanol–water partition coefficient (Wildman–Crippen LogP) is 20.5. The summed E-state index contributed by atoms with van der Waals surface area (Å²) in [6.45, 7) is 9.47. The maximum atomic E-state index is 15.5. The number of para-hydroxylation sites is 4. The zero-order valence-electron chi connectivity index (χ0n) is 62.1. The molecule has 4 heterocycles. The van der Waals surface area contributed by atoms with E-state index in [0.29, 0.717) is 80.3 Å². The fourth-order valence-corrected chi connectivity index (χ4v) is 14.9. The van der Waals surface area contributed by atoms with E-state index >= 15 is 19.2 Å². The standard InChI is InChI=1S/C100H88N4O4/c1-5-7-71-101-93-47-27-23-43-85(93)59-55-81-39-19-15-35-77(81)51-52-78-36-16-20-40-82(78)56-60-86-44-24-28-48-94(86)102(72-8-6-2)98(106)90-65-69-92(70-66-90)100(108)104(74(4)76-33-13-10-14-34-76)96-50-30-26-46-88(96)62-58-84-42-22-18-38-80(84)54-53-79-37-17-21-41-83(79)57-61-87-45-25-29-49-95(87)103(73(3)75-31-11-9-12-32-75)99(107)91-67-63-89(64-68-91)97(101)105/h15-30,35-50,63-70,73-76H,5-14,31-34,71-72H2,1-4H3/t73-,74-/m1/s1. The molecule has 0 saturated heterocycles. The van der Waals surface area contributed by atoms with Crippen molar-refractivity contribution in [1.29, 1.82) is 0 Å². The van der Waals surface area contributed by atoms with Crippen LogP contribution >= 0.6 is 0 Å². The largest absolute Gasteiger partial charge is 0.307 e. The number of carbonyl (C=O) groups is 4. The van der Waals surface area contributed by atoms with Gasteiger partial charge < -0.3 is 19.6 Å². The summed E-state index contributed by atoms with van der Waals surface area (Å²) in [4.78, 5) is 68.7. The lowest BCUT2D eigenvalue weighted by Gasteiger charge is -2.37. The van der Waals surface area contributed by atoms with E-state index in [1.807, 2.05) is 214 Å². The van der Waals surface area contributed by atoms with Crippen LogP contribution in [0.1, 0.15) is 226 Å². The van der Waals surface area contributed by atoms with Gasteiger partial charge in [-0.05, 0) is 210 Å². The summed E-state index contributed by atoms with van der Waals surface area (Å²) in [7, 11) is 0. The van der Waals surface area contributed by atoms with Gasteiger partial charge in [-0.3, -0.25) is 19.2 Å². The van der Waals surface area contributed by atoms with Crippen molar-refractivity contribution in [2.75, 3.05) is 32.7 Å². The minimum absolute atomic E-state index is 0.160. The second-order valence-electron chi connectivity index (χ2n) is 28.2. The first-order valence-corrected chi connectivity index (χ1v) is 38.4. The monoisotopic (exact) mass is 1410 g/mol. The summed E-state index contributed by atoms with van der Waals surface area (Å²) in [5.74, 6) is 41.3. The first-order chi connectivity index (χ1) is 53.0. The smallest absolute Gasteiger partial charge is 0.258 e. The highest BCUT2D eigenvalue weighted by Gasteiger charge is 2.34. The second-order valence-corrected chi connectivity index (χ2v) is 28.2. The maximum Gasteiger partial charge on any atom is 0.258 e. The van der Waals surface area contributed by atoms with Gasteiger partial charge in [0.2, 0.25) is 0 Å². The maximum absolute atomic E-state index is 15.5. The Morgan fingerprint density at radius 1 is 0.269 bits per heavy atom. The van der Waals surface area contributed by atoms with Crippen LogP contribution in [-0.2, 0) is 0 Å². The van der Waals surface area contributed by atoms with E-state index in [0.717, 1.165) is 122 Å². The van der Waals surface area contributed by atoms with E-state index in [-0.39, 0.29) is 47.5 Å². The van der Waals surface area contributed by atoms with Gasteiger partial charge in [-0.1, -0.05) is 233 Å². The third-order valence-electron chi connectivity index (χ3n) is 21.1. The van der Waals surface area contributed by atoms with Gasteiger partial charge in [0.1, 0.15) is 0 Å². The average molecular weight is 1410 g/mol. The van der Waals surface area contributed by atoms with Crippen LogP contribution in [0.15, 0.2) is 243 Å². The van der Waals surface area contributed by atoms with Crippen LogP contribution in [0, 0.1) is 82.9 Å². The molecule has 0 radical (unpaired) electrons. The van der Waals surface area contributed by atoms with Crippen molar-refractivity contribution in [3.8, 4) is 71.0 Å². The molecule has 2 aliphatic carbocycles. The van der Waals surface area contributed by atoms with Gasteiger partial charge in [0.25, 0.3) is 23.6 Å². The molecule has 8 heteroatoms. The first-order valence-electron chi connectivity index (χ1n) is 38.4. The van der Waals surface area contributed by atoms with Gasteiger partial charge in [-0.25, -0.2) is 0 Å². The van der Waals surface area contributed by atoms with Crippen LogP contribution in [0.5, 0.6) is 0 Å². The van der Waals surface area contributed by atoms with E-state index in [1.54, 1.807) is 48.5 Å². The molecule has 108 heavy (non-hydrogen) atoms. The Balaban J connectivity index is 0.914. The molecule has 0 unspecified atom stereocenters. The number of amides is 4. The molecule has 2 saturated carbocycles. The number of unbranched alkanes of at least 4 members (excludes halogenated alkanes) is 2. The van der Waals surface area contributed by atoms with Gasteiger partial charge in [-0.15, -0.1) is 0 Å². The third-order valence-corrected chi connectivity index (χ3v) is 21.1. The molecule has 532 valence electrons. The van der Waals surface area contributed by atoms with Crippen LogP contribution in [0.4, 0.5) is 22.7 Å². The molecule has 2 fully saturated rings. The van der Waals surface area contributed by atoms with Crippen LogP contribution in [0.2, 0.25) is 0 Å². The molecule has 10 aromatic carbocycles. The van der Waals surface area contributed by atoms with Crippen LogP contribution in [0.3, 0.4) is 0 Å². The normalized spacial score (nSPS) is 14.9. The zero-order chi connectivity index (χ0) is 74.6. The lowest BCUT2D eigenvalue weighted by Crippen LogP contribution is -2.44. The molecule has 2 atom stereocenters. The number of rotatable bonds is 10. The van der Waals surface area contributed by atoms with Crippen LogP contribution in [0.25, 0.3) is 0 Å². The number of hydrogen-bond acceptors (Lipinski definition) is 4. The lowest BCUT2D eigenvalue weighted by molar-refractivity contribution is 0.0957. The second kappa shape index (κ2) is 36.0. The molecule has 0 N–H and O–H groups in total. The van der Waals surface area contributed by atoms with Gasteiger partial charge >= 0.3 is 0 Å². The van der Waals surface area contributed by atoms with E-state index < -0.39 is 0 Å². The van der Waals surface area contributed by atoms with Crippen molar-refractivity contribution in [2.24, 2.45) is 11.8 Å². The first kappa shape index (κ1) is 73.7. The summed E-state index contributed by atoms with van der Waals surface area (Å²) in [6.07, 6.45) is 14.1.